The van der Waals surface area contributed by atoms with Crippen LogP contribution in [0.2, 0.25) is 0 Å². The van der Waals surface area contributed by atoms with E-state index in [1.165, 1.54) is 0 Å². The van der Waals surface area contributed by atoms with Gasteiger partial charge in [0.25, 0.3) is 0 Å². The molecule has 14 heavy (non-hydrogen) atoms. The molecule has 80 valence electrons. The first-order valence-corrected chi connectivity index (χ1v) is 18.7. The Hall–Kier alpha value is 0.700. The molecule has 0 rings (SSSR count). The van der Waals surface area contributed by atoms with Crippen LogP contribution >= 0.6 is 18.1 Å². The van der Waals surface area contributed by atoms with Gasteiger partial charge in [-0.1, -0.05) is 0 Å². The van der Waals surface area contributed by atoms with Gasteiger partial charge in [-0.05, 0) is 0 Å². The molecule has 0 unspecified atom stereocenters. The van der Waals surface area contributed by atoms with Gasteiger partial charge in [-0.2, -0.15) is 0 Å². The van der Waals surface area contributed by atoms with Gasteiger partial charge in [0.2, 0.25) is 0 Å². The summed E-state index contributed by atoms with van der Waals surface area (Å²) in [6.45, 7) is 12.1. The summed E-state index contributed by atoms with van der Waals surface area (Å²) in [7, 11) is 0. The summed E-state index contributed by atoms with van der Waals surface area (Å²) in [5.74, 6) is 0. The van der Waals surface area contributed by atoms with Crippen molar-refractivity contribution in [1.29, 1.82) is 0 Å². The molecule has 0 aliphatic rings. The van der Waals surface area contributed by atoms with Gasteiger partial charge < -0.3 is 0 Å². The van der Waals surface area contributed by atoms with Gasteiger partial charge in [-0.15, -0.1) is 0 Å². The quantitative estimate of drug-likeness (QED) is 0.291. The molecule has 0 amide bonds. The molecule has 0 saturated heterocycles. The second kappa shape index (κ2) is 8.96. The van der Waals surface area contributed by atoms with Crippen LogP contribution in [0.5, 0.6) is 0 Å². The van der Waals surface area contributed by atoms with E-state index >= 15 is 0 Å². The molecular weight excluding hydrogens is 461 g/mol. The van der Waals surface area contributed by atoms with Gasteiger partial charge in [-0.25, -0.2) is 0 Å². The van der Waals surface area contributed by atoms with E-state index < -0.39 is 17.1 Å². The number of hydrogen-bond acceptors (Lipinski definition) is 3. The van der Waals surface area contributed by atoms with Crippen LogP contribution < -0.4 is 0 Å². The number of halogens is 1. The first-order valence-electron chi connectivity index (χ1n) is 4.12. The standard InChI is InChI=1S/3C3H5O.Hf.HI/c3*1-2-3-4;;/h3*2H,1,3H2;;1H/q3*-1;+4;/p-1. The Morgan fingerprint density at radius 2 is 1.14 bits per heavy atom. The van der Waals surface area contributed by atoms with Crippen molar-refractivity contribution in [2.24, 2.45) is 0 Å². The third-order valence-corrected chi connectivity index (χ3v) is 14.3. The topological polar surface area (TPSA) is 27.7 Å². The van der Waals surface area contributed by atoms with Crippen molar-refractivity contribution in [2.45, 2.75) is 0 Å². The maximum atomic E-state index is 5.53. The summed E-state index contributed by atoms with van der Waals surface area (Å²) in [6.07, 6.45) is 5.05. The van der Waals surface area contributed by atoms with Crippen molar-refractivity contribution >= 4 is 18.1 Å². The molecule has 0 N–H and O–H groups in total. The number of hydrogen-bond donors (Lipinski definition) is 0. The van der Waals surface area contributed by atoms with E-state index in [0.717, 1.165) is 0 Å². The average molecular weight is 477 g/mol. The van der Waals surface area contributed by atoms with E-state index in [9.17, 15) is 0 Å². The van der Waals surface area contributed by atoms with Gasteiger partial charge >= 0.3 is 102 Å². The fourth-order valence-electron chi connectivity index (χ4n) is 0.600. The molecule has 5 heteroatoms. The first-order chi connectivity index (χ1) is 6.68. The molecule has 0 heterocycles. The Bertz CT molecular complexity index is 165. The van der Waals surface area contributed by atoms with E-state index in [0.29, 0.717) is 19.8 Å². The fraction of sp³-hybridized carbons (Fsp3) is 0.333. The van der Waals surface area contributed by atoms with Gasteiger partial charge in [0.15, 0.2) is 0 Å². The zero-order valence-electron chi connectivity index (χ0n) is 8.08. The molecule has 0 aliphatic heterocycles. The van der Waals surface area contributed by atoms with Gasteiger partial charge in [0.1, 0.15) is 0 Å². The van der Waals surface area contributed by atoms with Crippen LogP contribution in [0.25, 0.3) is 0 Å². The normalized spacial score (nSPS) is 10.9. The summed E-state index contributed by atoms with van der Waals surface area (Å²) in [6, 6.07) is 0. The van der Waals surface area contributed by atoms with Crippen molar-refractivity contribution in [1.82, 2.24) is 0 Å². The minimum atomic E-state index is -3.44. The van der Waals surface area contributed by atoms with Crippen LogP contribution in [-0.2, 0) is 25.7 Å². The fourth-order valence-corrected chi connectivity index (χ4v) is 9.33. The van der Waals surface area contributed by atoms with E-state index in [2.05, 4.69) is 37.9 Å². The van der Waals surface area contributed by atoms with Crippen molar-refractivity contribution in [2.75, 3.05) is 19.8 Å². The van der Waals surface area contributed by atoms with Gasteiger partial charge in [0.05, 0.1) is 0 Å². The first kappa shape index (κ1) is 14.7. The molecule has 3 nitrogen and oxygen atoms in total. The van der Waals surface area contributed by atoms with Crippen LogP contribution in [-0.4, -0.2) is 19.8 Å². The van der Waals surface area contributed by atoms with Crippen LogP contribution in [0.15, 0.2) is 38.0 Å². The molecule has 0 radical (unpaired) electrons. The molecule has 0 saturated carbocycles. The summed E-state index contributed by atoms with van der Waals surface area (Å²) in [5, 5.41) is 0. The van der Waals surface area contributed by atoms with Gasteiger partial charge in [0, 0.05) is 0 Å². The maximum absolute atomic E-state index is 5.53. The minimum absolute atomic E-state index is 0.457. The summed E-state index contributed by atoms with van der Waals surface area (Å²) in [4.78, 5) is 0. The van der Waals surface area contributed by atoms with Crippen LogP contribution in [0.4, 0.5) is 0 Å². The molecule has 0 aromatic rings. The van der Waals surface area contributed by atoms with Crippen molar-refractivity contribution in [3.8, 4) is 0 Å². The van der Waals surface area contributed by atoms with E-state index in [1.54, 1.807) is 18.2 Å². The zero-order chi connectivity index (χ0) is 10.9. The van der Waals surface area contributed by atoms with Crippen LogP contribution in [0.1, 0.15) is 0 Å². The molecule has 0 fully saturated rings. The SMILES string of the molecule is C=CC[O][Hf]([I])([O]CC=C)[O]CC=C. The molecule has 0 bridgehead atoms. The van der Waals surface area contributed by atoms with Crippen molar-refractivity contribution < 1.29 is 25.7 Å². The summed E-state index contributed by atoms with van der Waals surface area (Å²) in [5.41, 5.74) is 0. The molecule has 0 aliphatic carbocycles. The summed E-state index contributed by atoms with van der Waals surface area (Å²) < 4.78 is 16.6. The Morgan fingerprint density at radius 3 is 1.36 bits per heavy atom. The molecule has 0 atom stereocenters. The van der Waals surface area contributed by atoms with E-state index in [-0.39, 0.29) is 0 Å². The van der Waals surface area contributed by atoms with E-state index in [1.807, 2.05) is 0 Å². The predicted octanol–water partition coefficient (Wildman–Crippen LogP) is 2.84. The molecule has 0 aromatic carbocycles. The Morgan fingerprint density at radius 1 is 0.857 bits per heavy atom. The Labute approximate surface area is 101 Å². The van der Waals surface area contributed by atoms with Crippen LogP contribution in [0, 0.1) is 0 Å². The molecule has 0 aromatic heterocycles. The Balaban J connectivity index is 4.07. The van der Waals surface area contributed by atoms with Crippen LogP contribution in [0.3, 0.4) is 0 Å². The van der Waals surface area contributed by atoms with Crippen molar-refractivity contribution in [3.05, 3.63) is 38.0 Å². The van der Waals surface area contributed by atoms with Crippen molar-refractivity contribution in [3.63, 3.8) is 0 Å². The zero-order valence-corrected chi connectivity index (χ0v) is 13.8. The third-order valence-electron chi connectivity index (χ3n) is 1.12. The third kappa shape index (κ3) is 7.05. The number of rotatable bonds is 9. The second-order valence-electron chi connectivity index (χ2n) is 2.28. The van der Waals surface area contributed by atoms with Gasteiger partial charge in [-0.3, -0.25) is 0 Å². The monoisotopic (exact) mass is 478 g/mol. The average Bonchev–Trinajstić information content (AvgIpc) is 2.21. The van der Waals surface area contributed by atoms with E-state index in [4.69, 9.17) is 8.56 Å². The Kier molecular flexibility index (Phi) is 9.41. The molecular formula is C9H15HfIO3. The second-order valence-corrected chi connectivity index (χ2v) is 19.7. The summed E-state index contributed by atoms with van der Waals surface area (Å²) >= 11 is -1.28. The molecule has 0 spiro atoms. The predicted molar refractivity (Wildman–Crippen MR) is 62.5 cm³/mol.